The molecule has 16 heavy (non-hydrogen) atoms. The Morgan fingerprint density at radius 1 is 0.938 bits per heavy atom. The number of hydrogen-bond acceptors (Lipinski definition) is 2. The summed E-state index contributed by atoms with van der Waals surface area (Å²) in [5.41, 5.74) is 0. The van der Waals surface area contributed by atoms with E-state index in [1.165, 1.54) is 32.1 Å². The predicted molar refractivity (Wildman–Crippen MR) is 64.1 cm³/mol. The van der Waals surface area contributed by atoms with Crippen LogP contribution in [0.5, 0.6) is 0 Å². The van der Waals surface area contributed by atoms with Gasteiger partial charge in [-0.15, -0.1) is 0 Å². The van der Waals surface area contributed by atoms with Crippen molar-refractivity contribution in [1.82, 2.24) is 0 Å². The van der Waals surface area contributed by atoms with E-state index in [2.05, 4.69) is 6.92 Å². The van der Waals surface area contributed by atoms with E-state index in [1.54, 1.807) is 0 Å². The molecule has 0 heterocycles. The van der Waals surface area contributed by atoms with Gasteiger partial charge in [-0.1, -0.05) is 13.3 Å². The van der Waals surface area contributed by atoms with Crippen LogP contribution in [0.1, 0.15) is 64.7 Å². The fraction of sp³-hybridized carbons (Fsp3) is 0.929. The van der Waals surface area contributed by atoms with Crippen LogP contribution in [0.2, 0.25) is 0 Å². The molecule has 0 aliphatic heterocycles. The van der Waals surface area contributed by atoms with E-state index < -0.39 is 0 Å². The number of rotatable bonds is 2. The van der Waals surface area contributed by atoms with Crippen LogP contribution in [0.3, 0.4) is 0 Å². The molecule has 0 N–H and O–H groups in total. The van der Waals surface area contributed by atoms with E-state index in [-0.39, 0.29) is 18.0 Å². The minimum atomic E-state index is 0.0961. The smallest absolute Gasteiger partial charge is 0.309 e. The first-order valence-electron chi connectivity index (χ1n) is 6.96. The Hall–Kier alpha value is -0.530. The second-order valence-electron chi connectivity index (χ2n) is 5.65. The zero-order valence-corrected chi connectivity index (χ0v) is 10.4. The molecule has 0 aromatic heterocycles. The van der Waals surface area contributed by atoms with Crippen molar-refractivity contribution in [1.29, 1.82) is 0 Å². The molecule has 2 fully saturated rings. The molecule has 0 spiro atoms. The van der Waals surface area contributed by atoms with Gasteiger partial charge in [0.25, 0.3) is 0 Å². The van der Waals surface area contributed by atoms with Gasteiger partial charge in [0.1, 0.15) is 6.10 Å². The zero-order valence-electron chi connectivity index (χ0n) is 10.4. The van der Waals surface area contributed by atoms with Crippen LogP contribution >= 0.6 is 0 Å². The summed E-state index contributed by atoms with van der Waals surface area (Å²) in [5.74, 6) is 1.11. The van der Waals surface area contributed by atoms with Crippen molar-refractivity contribution in [2.75, 3.05) is 0 Å². The number of ether oxygens (including phenoxy) is 1. The number of hydrogen-bond donors (Lipinski definition) is 0. The summed E-state index contributed by atoms with van der Waals surface area (Å²) < 4.78 is 5.63. The van der Waals surface area contributed by atoms with Gasteiger partial charge in [-0.25, -0.2) is 0 Å². The second-order valence-corrected chi connectivity index (χ2v) is 5.65. The third kappa shape index (κ3) is 3.23. The van der Waals surface area contributed by atoms with E-state index in [9.17, 15) is 4.79 Å². The first-order valence-corrected chi connectivity index (χ1v) is 6.96. The van der Waals surface area contributed by atoms with Crippen molar-refractivity contribution < 1.29 is 9.53 Å². The van der Waals surface area contributed by atoms with Gasteiger partial charge in [-0.05, 0) is 57.3 Å². The molecule has 2 saturated carbocycles. The monoisotopic (exact) mass is 224 g/mol. The minimum Gasteiger partial charge on any atom is -0.462 e. The second kappa shape index (κ2) is 5.70. The van der Waals surface area contributed by atoms with E-state index in [0.717, 1.165) is 31.6 Å². The van der Waals surface area contributed by atoms with Crippen LogP contribution in [0, 0.1) is 11.8 Å². The quantitative estimate of drug-likeness (QED) is 0.669. The van der Waals surface area contributed by atoms with Crippen LogP contribution < -0.4 is 0 Å². The molecule has 0 unspecified atom stereocenters. The molecule has 2 heteroatoms. The number of carbonyl (C=O) groups excluding carboxylic acids is 1. The zero-order chi connectivity index (χ0) is 11.4. The molecule has 2 rings (SSSR count). The van der Waals surface area contributed by atoms with Crippen LogP contribution in [-0.2, 0) is 9.53 Å². The lowest BCUT2D eigenvalue weighted by Gasteiger charge is -2.28. The topological polar surface area (TPSA) is 26.3 Å². The van der Waals surface area contributed by atoms with Gasteiger partial charge >= 0.3 is 5.97 Å². The molecule has 0 aromatic carbocycles. The molecule has 0 radical (unpaired) electrons. The maximum Gasteiger partial charge on any atom is 0.309 e. The molecular formula is C14H24O2. The normalized spacial score (nSPS) is 32.3. The van der Waals surface area contributed by atoms with E-state index in [1.807, 2.05) is 0 Å². The van der Waals surface area contributed by atoms with Crippen molar-refractivity contribution in [3.05, 3.63) is 0 Å². The Bertz CT molecular complexity index is 223. The molecule has 92 valence electrons. The molecule has 0 amide bonds. The van der Waals surface area contributed by atoms with Crippen molar-refractivity contribution >= 4 is 5.97 Å². The number of carbonyl (C=O) groups is 1. The highest BCUT2D eigenvalue weighted by Crippen LogP contribution is 2.30. The summed E-state index contributed by atoms with van der Waals surface area (Å²) in [4.78, 5) is 12.0. The van der Waals surface area contributed by atoms with E-state index >= 15 is 0 Å². The maximum atomic E-state index is 12.0. The van der Waals surface area contributed by atoms with Gasteiger partial charge in [0.15, 0.2) is 0 Å². The van der Waals surface area contributed by atoms with Gasteiger partial charge in [0.2, 0.25) is 0 Å². The van der Waals surface area contributed by atoms with Crippen molar-refractivity contribution in [3.63, 3.8) is 0 Å². The molecule has 2 aliphatic carbocycles. The van der Waals surface area contributed by atoms with Gasteiger partial charge in [-0.2, -0.15) is 0 Å². The fourth-order valence-electron chi connectivity index (χ4n) is 2.94. The Morgan fingerprint density at radius 3 is 2.19 bits per heavy atom. The van der Waals surface area contributed by atoms with Crippen molar-refractivity contribution in [3.8, 4) is 0 Å². The largest absolute Gasteiger partial charge is 0.462 e. The molecule has 0 aromatic rings. The average molecular weight is 224 g/mol. The summed E-state index contributed by atoms with van der Waals surface area (Å²) in [6.07, 6.45) is 10.7. The van der Waals surface area contributed by atoms with Gasteiger partial charge < -0.3 is 4.74 Å². The summed E-state index contributed by atoms with van der Waals surface area (Å²) in [5, 5.41) is 0. The lowest BCUT2D eigenvalue weighted by Crippen LogP contribution is -2.28. The van der Waals surface area contributed by atoms with Gasteiger partial charge in [0.05, 0.1) is 5.92 Å². The molecule has 0 saturated heterocycles. The predicted octanol–water partition coefficient (Wildman–Crippen LogP) is 3.69. The Morgan fingerprint density at radius 2 is 1.56 bits per heavy atom. The third-order valence-corrected chi connectivity index (χ3v) is 4.18. The summed E-state index contributed by atoms with van der Waals surface area (Å²) in [6, 6.07) is 0. The van der Waals surface area contributed by atoms with Crippen LogP contribution in [0.15, 0.2) is 0 Å². The first kappa shape index (κ1) is 11.9. The molecule has 0 bridgehead atoms. The molecule has 2 nitrogen and oxygen atoms in total. The highest BCUT2D eigenvalue weighted by Gasteiger charge is 2.27. The van der Waals surface area contributed by atoms with Crippen molar-refractivity contribution in [2.45, 2.75) is 70.8 Å². The SMILES string of the molecule is CC1CCC(C(=O)OC2CCCCC2)CC1. The van der Waals surface area contributed by atoms with Gasteiger partial charge in [0, 0.05) is 0 Å². The Balaban J connectivity index is 1.74. The summed E-state index contributed by atoms with van der Waals surface area (Å²) >= 11 is 0. The highest BCUT2D eigenvalue weighted by atomic mass is 16.5. The summed E-state index contributed by atoms with van der Waals surface area (Å²) in [6.45, 7) is 2.28. The fourth-order valence-corrected chi connectivity index (χ4v) is 2.94. The number of esters is 1. The van der Waals surface area contributed by atoms with Crippen LogP contribution in [0.25, 0.3) is 0 Å². The Labute approximate surface area is 98.7 Å². The average Bonchev–Trinajstić information content (AvgIpc) is 2.31. The third-order valence-electron chi connectivity index (χ3n) is 4.18. The van der Waals surface area contributed by atoms with Crippen molar-refractivity contribution in [2.24, 2.45) is 11.8 Å². The standard InChI is InChI=1S/C14H24O2/c1-11-7-9-12(10-8-11)14(15)16-13-5-3-2-4-6-13/h11-13H,2-10H2,1H3. The highest BCUT2D eigenvalue weighted by molar-refractivity contribution is 5.72. The van der Waals surface area contributed by atoms with Crippen LogP contribution in [0.4, 0.5) is 0 Å². The Kier molecular flexibility index (Phi) is 4.25. The molecule has 2 aliphatic rings. The first-order chi connectivity index (χ1) is 7.75. The lowest BCUT2D eigenvalue weighted by molar-refractivity contribution is -0.156. The van der Waals surface area contributed by atoms with Crippen LogP contribution in [-0.4, -0.2) is 12.1 Å². The van der Waals surface area contributed by atoms with E-state index in [0.29, 0.717) is 0 Å². The molecule has 0 atom stereocenters. The maximum absolute atomic E-state index is 12.0. The minimum absolute atomic E-state index is 0.0961. The molecular weight excluding hydrogens is 200 g/mol. The lowest BCUT2D eigenvalue weighted by atomic mass is 9.83. The van der Waals surface area contributed by atoms with E-state index in [4.69, 9.17) is 4.74 Å². The van der Waals surface area contributed by atoms with Gasteiger partial charge in [-0.3, -0.25) is 4.79 Å². The summed E-state index contributed by atoms with van der Waals surface area (Å²) in [7, 11) is 0.